The van der Waals surface area contributed by atoms with Crippen molar-refractivity contribution in [1.82, 2.24) is 0 Å². The number of hydrogen-bond acceptors (Lipinski definition) is 6. The zero-order chi connectivity index (χ0) is 29.5. The van der Waals surface area contributed by atoms with Crippen molar-refractivity contribution in [3.8, 4) is 16.9 Å². The number of sulfonamides is 1. The number of carbonyl (C=O) groups is 1. The molecule has 0 spiro atoms. The first kappa shape index (κ1) is 29.3. The zero-order valence-electron chi connectivity index (χ0n) is 21.2. The Morgan fingerprint density at radius 2 is 1.82 bits per heavy atom. The SMILES string of the molecule is COC(=O)C(C)(O)CC[C@H]1CN(S(=O)(=O)c2cccc(C(F)(F)F)c2)c2cc(-c3cc(F)ccc3F)ccc2O1. The lowest BCUT2D eigenvalue weighted by molar-refractivity contribution is -0.161. The predicted octanol–water partition coefficient (Wildman–Crippen LogP) is 5.31. The number of carbonyl (C=O) groups excluding carboxylic acids is 1. The summed E-state index contributed by atoms with van der Waals surface area (Å²) in [6, 6.07) is 9.87. The number of halogens is 5. The van der Waals surface area contributed by atoms with E-state index in [1.807, 2.05) is 0 Å². The van der Waals surface area contributed by atoms with Crippen molar-refractivity contribution in [2.75, 3.05) is 18.0 Å². The Balaban J connectivity index is 1.79. The summed E-state index contributed by atoms with van der Waals surface area (Å²) in [6.45, 7) is 0.796. The van der Waals surface area contributed by atoms with Gasteiger partial charge in [-0.3, -0.25) is 4.31 Å². The fourth-order valence-corrected chi connectivity index (χ4v) is 5.85. The average Bonchev–Trinajstić information content (AvgIpc) is 2.91. The Bertz CT molecular complexity index is 1540. The number of benzene rings is 3. The largest absolute Gasteiger partial charge is 0.486 e. The van der Waals surface area contributed by atoms with Gasteiger partial charge in [-0.05, 0) is 73.9 Å². The van der Waals surface area contributed by atoms with Gasteiger partial charge in [0.2, 0.25) is 0 Å². The van der Waals surface area contributed by atoms with Gasteiger partial charge in [0.05, 0.1) is 29.8 Å². The van der Waals surface area contributed by atoms with Crippen molar-refractivity contribution in [2.24, 2.45) is 0 Å². The zero-order valence-corrected chi connectivity index (χ0v) is 22.0. The topological polar surface area (TPSA) is 93.1 Å². The highest BCUT2D eigenvalue weighted by molar-refractivity contribution is 7.92. The van der Waals surface area contributed by atoms with E-state index >= 15 is 0 Å². The van der Waals surface area contributed by atoms with E-state index in [0.29, 0.717) is 6.07 Å². The highest BCUT2D eigenvalue weighted by Gasteiger charge is 2.39. The van der Waals surface area contributed by atoms with Gasteiger partial charge in [0.15, 0.2) is 5.60 Å². The molecule has 2 atom stereocenters. The molecule has 1 aliphatic rings. The van der Waals surface area contributed by atoms with Gasteiger partial charge in [0.25, 0.3) is 10.0 Å². The monoisotopic (exact) mass is 585 g/mol. The van der Waals surface area contributed by atoms with Crippen LogP contribution in [-0.2, 0) is 25.7 Å². The molecule has 40 heavy (non-hydrogen) atoms. The number of esters is 1. The van der Waals surface area contributed by atoms with E-state index in [0.717, 1.165) is 47.8 Å². The number of aliphatic hydroxyl groups is 1. The fourth-order valence-electron chi connectivity index (χ4n) is 4.30. The molecule has 0 amide bonds. The van der Waals surface area contributed by atoms with Gasteiger partial charge in [-0.15, -0.1) is 0 Å². The van der Waals surface area contributed by atoms with Crippen molar-refractivity contribution in [3.63, 3.8) is 0 Å². The maximum Gasteiger partial charge on any atom is 0.416 e. The van der Waals surface area contributed by atoms with Crippen LogP contribution in [-0.4, -0.2) is 44.9 Å². The Labute approximate surface area is 226 Å². The van der Waals surface area contributed by atoms with Crippen LogP contribution in [0.4, 0.5) is 27.6 Å². The van der Waals surface area contributed by atoms with Crippen LogP contribution in [0.25, 0.3) is 11.1 Å². The quantitative estimate of drug-likeness (QED) is 0.299. The molecule has 13 heteroatoms. The van der Waals surface area contributed by atoms with Crippen molar-refractivity contribution in [2.45, 2.75) is 42.5 Å². The summed E-state index contributed by atoms with van der Waals surface area (Å²) in [5, 5.41) is 10.4. The number of fused-ring (bicyclic) bond motifs is 1. The minimum Gasteiger partial charge on any atom is -0.486 e. The molecule has 1 heterocycles. The van der Waals surface area contributed by atoms with Crippen LogP contribution in [0.15, 0.2) is 65.6 Å². The fraction of sp³-hybridized carbons (Fsp3) is 0.296. The van der Waals surface area contributed by atoms with Gasteiger partial charge in [0, 0.05) is 5.56 Å². The summed E-state index contributed by atoms with van der Waals surface area (Å²) in [7, 11) is -3.56. The molecule has 0 saturated carbocycles. The van der Waals surface area contributed by atoms with Crippen LogP contribution in [0.3, 0.4) is 0 Å². The number of hydrogen-bond donors (Lipinski definition) is 1. The van der Waals surface area contributed by atoms with E-state index in [1.54, 1.807) is 0 Å². The van der Waals surface area contributed by atoms with Gasteiger partial charge in [-0.1, -0.05) is 12.1 Å². The Kier molecular flexibility index (Phi) is 7.83. The summed E-state index contributed by atoms with van der Waals surface area (Å²) in [5.74, 6) is -2.45. The highest BCUT2D eigenvalue weighted by atomic mass is 32.2. The first-order chi connectivity index (χ1) is 18.6. The molecule has 1 N–H and O–H groups in total. The van der Waals surface area contributed by atoms with Crippen LogP contribution < -0.4 is 9.04 Å². The van der Waals surface area contributed by atoms with Crippen molar-refractivity contribution in [3.05, 3.63) is 77.9 Å². The molecule has 0 aromatic heterocycles. The molecule has 0 saturated heterocycles. The molecule has 1 unspecified atom stereocenters. The molecular formula is C27H24F5NO6S. The molecule has 3 aromatic carbocycles. The second-order valence-corrected chi connectivity index (χ2v) is 11.3. The number of anilines is 1. The van der Waals surface area contributed by atoms with Crippen molar-refractivity contribution in [1.29, 1.82) is 0 Å². The molecule has 1 aliphatic heterocycles. The summed E-state index contributed by atoms with van der Waals surface area (Å²) in [4.78, 5) is 11.2. The first-order valence-corrected chi connectivity index (χ1v) is 13.3. The minimum atomic E-state index is -4.81. The van der Waals surface area contributed by atoms with Crippen molar-refractivity contribution < 1.29 is 49.7 Å². The second-order valence-electron chi connectivity index (χ2n) is 9.41. The summed E-state index contributed by atoms with van der Waals surface area (Å²) in [5.41, 5.74) is -3.29. The van der Waals surface area contributed by atoms with E-state index in [2.05, 4.69) is 4.74 Å². The molecule has 7 nitrogen and oxygen atoms in total. The van der Waals surface area contributed by atoms with Crippen LogP contribution >= 0.6 is 0 Å². The first-order valence-electron chi connectivity index (χ1n) is 11.9. The summed E-state index contributed by atoms with van der Waals surface area (Å²) >= 11 is 0. The number of alkyl halides is 3. The van der Waals surface area contributed by atoms with Crippen LogP contribution in [0, 0.1) is 11.6 Å². The molecule has 0 radical (unpaired) electrons. The Morgan fingerprint density at radius 1 is 1.10 bits per heavy atom. The summed E-state index contributed by atoms with van der Waals surface area (Å²) < 4.78 is 107. The molecule has 0 bridgehead atoms. The minimum absolute atomic E-state index is 0.00919. The van der Waals surface area contributed by atoms with Gasteiger partial charge in [-0.2, -0.15) is 13.2 Å². The highest BCUT2D eigenvalue weighted by Crippen LogP contribution is 2.42. The number of methoxy groups -OCH3 is 1. The van der Waals surface area contributed by atoms with E-state index in [1.165, 1.54) is 25.1 Å². The predicted molar refractivity (Wildman–Crippen MR) is 134 cm³/mol. The smallest absolute Gasteiger partial charge is 0.416 e. The third-order valence-electron chi connectivity index (χ3n) is 6.46. The van der Waals surface area contributed by atoms with E-state index < -0.39 is 62.5 Å². The molecule has 0 aliphatic carbocycles. The third kappa shape index (κ3) is 5.89. The number of nitrogens with zero attached hydrogens (tertiary/aromatic N) is 1. The molecule has 3 aromatic rings. The van der Waals surface area contributed by atoms with Gasteiger partial charge in [0.1, 0.15) is 23.5 Å². The maximum atomic E-state index is 14.5. The van der Waals surface area contributed by atoms with Gasteiger partial charge < -0.3 is 14.6 Å². The molecule has 214 valence electrons. The third-order valence-corrected chi connectivity index (χ3v) is 8.23. The normalized spacial score (nSPS) is 17.0. The van der Waals surface area contributed by atoms with Crippen LogP contribution in [0.1, 0.15) is 25.3 Å². The lowest BCUT2D eigenvalue weighted by Crippen LogP contribution is -2.45. The lowest BCUT2D eigenvalue weighted by atomic mass is 9.97. The Morgan fingerprint density at radius 3 is 2.50 bits per heavy atom. The van der Waals surface area contributed by atoms with E-state index in [9.17, 15) is 40.3 Å². The molecule has 4 rings (SSSR count). The lowest BCUT2D eigenvalue weighted by Gasteiger charge is -2.36. The second kappa shape index (κ2) is 10.7. The van der Waals surface area contributed by atoms with Crippen molar-refractivity contribution >= 4 is 21.7 Å². The van der Waals surface area contributed by atoms with E-state index in [4.69, 9.17) is 4.74 Å². The van der Waals surface area contributed by atoms with E-state index in [-0.39, 0.29) is 35.4 Å². The number of rotatable bonds is 7. The van der Waals surface area contributed by atoms with Gasteiger partial charge >= 0.3 is 12.1 Å². The Hall–Kier alpha value is -3.71. The molecular weight excluding hydrogens is 561 g/mol. The molecule has 0 fully saturated rings. The standard InChI is InChI=1S/C27H24F5NO6S/c1-26(35,25(34)38-2)11-10-19-15-33(40(36,37)20-5-3-4-17(13-20)27(30,31)32)23-12-16(6-9-24(23)39-19)21-14-18(28)7-8-22(21)29/h3-9,12-14,19,35H,10-11,15H2,1-2H3/t19-,26?/m0/s1. The number of ether oxygens (including phenoxy) is 2. The summed E-state index contributed by atoms with van der Waals surface area (Å²) in [6.07, 6.45) is -5.99. The van der Waals surface area contributed by atoms with Crippen LogP contribution in [0.5, 0.6) is 5.75 Å². The van der Waals surface area contributed by atoms with Gasteiger partial charge in [-0.25, -0.2) is 22.0 Å². The maximum absolute atomic E-state index is 14.5. The average molecular weight is 586 g/mol. The van der Waals surface area contributed by atoms with Crippen LogP contribution in [0.2, 0.25) is 0 Å².